The summed E-state index contributed by atoms with van der Waals surface area (Å²) in [5, 5.41) is 30.0. The van der Waals surface area contributed by atoms with E-state index in [1.807, 2.05) is 25.2 Å². The summed E-state index contributed by atoms with van der Waals surface area (Å²) in [7, 11) is 0. The summed E-state index contributed by atoms with van der Waals surface area (Å²) in [6.45, 7) is 5.83. The van der Waals surface area contributed by atoms with Gasteiger partial charge in [0.1, 0.15) is 0 Å². The molecule has 3 fully saturated rings. The van der Waals surface area contributed by atoms with Gasteiger partial charge in [0.25, 0.3) is 5.60 Å². The van der Waals surface area contributed by atoms with Crippen molar-refractivity contribution in [3.63, 3.8) is 0 Å². The summed E-state index contributed by atoms with van der Waals surface area (Å²) in [6, 6.07) is 0. The fourth-order valence-electron chi connectivity index (χ4n) is 6.65. The Hall–Kier alpha value is -1.58. The molecular formula is C26H32F6O3. The minimum atomic E-state index is -5.82. The van der Waals surface area contributed by atoms with Crippen LogP contribution in [-0.4, -0.2) is 45.5 Å². The molecule has 0 saturated heterocycles. The minimum Gasteiger partial charge on any atom is -0.393 e. The van der Waals surface area contributed by atoms with Crippen molar-refractivity contribution >= 4 is 0 Å². The maximum atomic E-state index is 13.5. The number of aliphatic hydroxyl groups excluding tert-OH is 2. The molecule has 4 atom stereocenters. The zero-order valence-corrected chi connectivity index (χ0v) is 19.6. The Kier molecular flexibility index (Phi) is 6.42. The highest BCUT2D eigenvalue weighted by atomic mass is 19.4. The Bertz CT molecular complexity index is 955. The number of halogens is 6. The Morgan fingerprint density at radius 2 is 1.69 bits per heavy atom. The van der Waals surface area contributed by atoms with Gasteiger partial charge >= 0.3 is 12.4 Å². The Labute approximate surface area is 200 Å². The number of hydrogen-bond donors (Lipinski definition) is 3. The quantitative estimate of drug-likeness (QED) is 0.320. The lowest BCUT2D eigenvalue weighted by Crippen LogP contribution is -2.58. The molecule has 0 aromatic heterocycles. The van der Waals surface area contributed by atoms with Crippen molar-refractivity contribution in [2.75, 3.05) is 0 Å². The van der Waals surface area contributed by atoms with E-state index in [0.29, 0.717) is 30.4 Å². The molecule has 2 unspecified atom stereocenters. The molecule has 0 radical (unpaired) electrons. The highest BCUT2D eigenvalue weighted by Crippen LogP contribution is 2.69. The van der Waals surface area contributed by atoms with Gasteiger partial charge in [-0.3, -0.25) is 0 Å². The van der Waals surface area contributed by atoms with Crippen LogP contribution in [0.5, 0.6) is 0 Å². The van der Waals surface area contributed by atoms with Gasteiger partial charge in [0.2, 0.25) is 0 Å². The number of allylic oxidation sites excluding steroid dienone is 5. The fourth-order valence-corrected chi connectivity index (χ4v) is 6.65. The minimum absolute atomic E-state index is 0.0582. The zero-order chi connectivity index (χ0) is 26.0. The summed E-state index contributed by atoms with van der Waals surface area (Å²) in [4.78, 5) is 0. The second-order valence-electron chi connectivity index (χ2n) is 11.1. The fraction of sp³-hybridized carbons (Fsp3) is 0.692. The van der Waals surface area contributed by atoms with Gasteiger partial charge in [0.05, 0.1) is 12.2 Å². The average Bonchev–Trinajstić information content (AvgIpc) is 3.39. The first-order valence-corrected chi connectivity index (χ1v) is 12.1. The first-order chi connectivity index (χ1) is 16.0. The molecule has 3 N–H and O–H groups in total. The molecule has 0 aromatic carbocycles. The molecule has 4 aliphatic carbocycles. The number of rotatable bonds is 4. The predicted molar refractivity (Wildman–Crippen MR) is 118 cm³/mol. The van der Waals surface area contributed by atoms with E-state index in [0.717, 1.165) is 24.0 Å². The van der Waals surface area contributed by atoms with Crippen LogP contribution in [0.3, 0.4) is 0 Å². The molecule has 3 nitrogen and oxygen atoms in total. The third-order valence-electron chi connectivity index (χ3n) is 8.77. The number of alkyl halides is 6. The summed E-state index contributed by atoms with van der Waals surface area (Å²) < 4.78 is 80.7. The van der Waals surface area contributed by atoms with Crippen molar-refractivity contribution < 1.29 is 41.7 Å². The van der Waals surface area contributed by atoms with Gasteiger partial charge in [0, 0.05) is 12.8 Å². The molecule has 0 aliphatic heterocycles. The molecule has 0 bridgehead atoms. The van der Waals surface area contributed by atoms with E-state index in [9.17, 15) is 41.7 Å². The van der Waals surface area contributed by atoms with Crippen molar-refractivity contribution in [1.82, 2.24) is 0 Å². The molecule has 0 amide bonds. The third kappa shape index (κ3) is 4.42. The first-order valence-electron chi connectivity index (χ1n) is 12.1. The van der Waals surface area contributed by atoms with E-state index in [1.165, 1.54) is 0 Å². The van der Waals surface area contributed by atoms with E-state index in [4.69, 9.17) is 0 Å². The van der Waals surface area contributed by atoms with Crippen molar-refractivity contribution in [2.45, 2.75) is 94.9 Å². The summed E-state index contributed by atoms with van der Waals surface area (Å²) in [5.41, 5.74) is -3.68. The Morgan fingerprint density at radius 1 is 1.06 bits per heavy atom. The van der Waals surface area contributed by atoms with E-state index >= 15 is 0 Å². The lowest BCUT2D eigenvalue weighted by Gasteiger charge is -2.45. The summed E-state index contributed by atoms with van der Waals surface area (Å²) in [6.07, 6.45) is -5.34. The molecule has 3 saturated carbocycles. The van der Waals surface area contributed by atoms with Crippen molar-refractivity contribution in [3.8, 4) is 0 Å². The van der Waals surface area contributed by atoms with Gasteiger partial charge < -0.3 is 15.3 Å². The second-order valence-corrected chi connectivity index (χ2v) is 11.1. The number of aliphatic hydroxyl groups is 3. The van der Waals surface area contributed by atoms with Crippen molar-refractivity contribution in [3.05, 3.63) is 47.1 Å². The van der Waals surface area contributed by atoms with Crippen LogP contribution in [0.2, 0.25) is 0 Å². The SMILES string of the molecule is C=C1/C(=C\C=C2/CCC[C@]3(C)C(C4(CC(O)(C(F)(F)F)C(F)(F)F)CC4)=CCC23)CC(O)C[C@@H]1O. The van der Waals surface area contributed by atoms with E-state index < -0.39 is 47.4 Å². The molecular weight excluding hydrogens is 474 g/mol. The van der Waals surface area contributed by atoms with Gasteiger partial charge in [0.15, 0.2) is 0 Å². The monoisotopic (exact) mass is 506 g/mol. The third-order valence-corrected chi connectivity index (χ3v) is 8.77. The smallest absolute Gasteiger partial charge is 0.393 e. The molecule has 0 heterocycles. The summed E-state index contributed by atoms with van der Waals surface area (Å²) >= 11 is 0. The van der Waals surface area contributed by atoms with Crippen LogP contribution in [0, 0.1) is 16.7 Å². The predicted octanol–water partition coefficient (Wildman–Crippen LogP) is 6.07. The topological polar surface area (TPSA) is 60.7 Å². The first kappa shape index (κ1) is 26.5. The number of hydrogen-bond acceptors (Lipinski definition) is 3. The molecule has 4 aliphatic rings. The highest BCUT2D eigenvalue weighted by molar-refractivity contribution is 5.42. The van der Waals surface area contributed by atoms with Crippen LogP contribution < -0.4 is 0 Å². The number of fused-ring (bicyclic) bond motifs is 1. The van der Waals surface area contributed by atoms with Crippen LogP contribution in [0.15, 0.2) is 47.1 Å². The van der Waals surface area contributed by atoms with Crippen LogP contribution in [0.25, 0.3) is 0 Å². The zero-order valence-electron chi connectivity index (χ0n) is 19.6. The molecule has 35 heavy (non-hydrogen) atoms. The second kappa shape index (κ2) is 8.48. The van der Waals surface area contributed by atoms with Crippen LogP contribution in [-0.2, 0) is 0 Å². The van der Waals surface area contributed by atoms with Gasteiger partial charge in [-0.25, -0.2) is 0 Å². The van der Waals surface area contributed by atoms with E-state index in [-0.39, 0.29) is 25.2 Å². The standard InChI is InChI=1S/C26H32F6O3/c1-15-17(12-18(33)13-20(15)34)6-5-16-4-3-9-22(2)19(16)7-8-21(22)23(10-11-23)14-24(35,25(27,28)29)26(30,31)32/h5-6,8,18-20,33-35H,1,3-4,7,9-14H2,2H3/b16-5+,17-6-/t18?,19?,20-,22-/m0/s1. The normalized spacial score (nSPS) is 35.9. The lowest BCUT2D eigenvalue weighted by atomic mass is 9.60. The lowest BCUT2D eigenvalue weighted by molar-refractivity contribution is -0.373. The Balaban J connectivity index is 1.61. The van der Waals surface area contributed by atoms with Gasteiger partial charge in [-0.05, 0) is 72.8 Å². The maximum Gasteiger partial charge on any atom is 0.426 e. The van der Waals surface area contributed by atoms with E-state index in [2.05, 4.69) is 6.58 Å². The molecule has 0 aromatic rings. The van der Waals surface area contributed by atoms with Gasteiger partial charge in [-0.1, -0.05) is 42.9 Å². The Morgan fingerprint density at radius 3 is 2.26 bits per heavy atom. The molecule has 0 spiro atoms. The van der Waals surface area contributed by atoms with Gasteiger partial charge in [-0.2, -0.15) is 26.3 Å². The van der Waals surface area contributed by atoms with Crippen molar-refractivity contribution in [2.24, 2.45) is 16.7 Å². The van der Waals surface area contributed by atoms with Crippen LogP contribution >= 0.6 is 0 Å². The summed E-state index contributed by atoms with van der Waals surface area (Å²) in [5.74, 6) is -0.0582. The van der Waals surface area contributed by atoms with E-state index in [1.54, 1.807) is 0 Å². The maximum absolute atomic E-state index is 13.5. The van der Waals surface area contributed by atoms with Crippen LogP contribution in [0.4, 0.5) is 26.3 Å². The average molecular weight is 507 g/mol. The largest absolute Gasteiger partial charge is 0.426 e. The molecule has 9 heteroatoms. The van der Waals surface area contributed by atoms with Crippen molar-refractivity contribution in [1.29, 1.82) is 0 Å². The molecule has 196 valence electrons. The molecule has 4 rings (SSSR count). The van der Waals surface area contributed by atoms with Crippen LogP contribution in [0.1, 0.15) is 64.7 Å². The van der Waals surface area contributed by atoms with Gasteiger partial charge in [-0.15, -0.1) is 0 Å². The highest BCUT2D eigenvalue weighted by Gasteiger charge is 2.74.